The van der Waals surface area contributed by atoms with Crippen molar-refractivity contribution in [1.82, 2.24) is 4.98 Å². The average molecular weight is 462 g/mol. The predicted molar refractivity (Wildman–Crippen MR) is 137 cm³/mol. The van der Waals surface area contributed by atoms with Crippen LogP contribution in [0.3, 0.4) is 0 Å². The van der Waals surface area contributed by atoms with Gasteiger partial charge in [-0.25, -0.2) is 0 Å². The summed E-state index contributed by atoms with van der Waals surface area (Å²) in [7, 11) is 0. The molecule has 2 aromatic heterocycles. The Balaban J connectivity index is 1.56. The molecule has 2 aromatic carbocycles. The molecular formula is C27H31N3O2S. The minimum atomic E-state index is -0.626. The molecule has 5 nitrogen and oxygen atoms in total. The molecule has 172 valence electrons. The molecular weight excluding hydrogens is 430 g/mol. The largest absolute Gasteiger partial charge is 0.386 e. The van der Waals surface area contributed by atoms with Crippen molar-refractivity contribution in [2.45, 2.75) is 51.0 Å². The second-order valence-electron chi connectivity index (χ2n) is 9.65. The Morgan fingerprint density at radius 2 is 2.03 bits per heavy atom. The third-order valence-corrected chi connectivity index (χ3v) is 8.00. The van der Waals surface area contributed by atoms with Crippen LogP contribution in [0.5, 0.6) is 0 Å². The second kappa shape index (κ2) is 8.50. The van der Waals surface area contributed by atoms with Crippen LogP contribution in [0, 0.1) is 0 Å². The van der Waals surface area contributed by atoms with E-state index in [0.29, 0.717) is 18.0 Å². The van der Waals surface area contributed by atoms with Crippen molar-refractivity contribution in [3.63, 3.8) is 0 Å². The van der Waals surface area contributed by atoms with Gasteiger partial charge in [-0.05, 0) is 60.4 Å². The number of unbranched alkanes of at least 4 members (excludes halogenated alkanes) is 1. The van der Waals surface area contributed by atoms with E-state index in [-0.39, 0.29) is 11.8 Å². The van der Waals surface area contributed by atoms with Gasteiger partial charge in [0.1, 0.15) is 0 Å². The van der Waals surface area contributed by atoms with Crippen LogP contribution in [0.1, 0.15) is 59.8 Å². The van der Waals surface area contributed by atoms with Crippen molar-refractivity contribution in [2.75, 3.05) is 18.0 Å². The van der Waals surface area contributed by atoms with E-state index in [4.69, 9.17) is 5.73 Å². The van der Waals surface area contributed by atoms with Crippen molar-refractivity contribution < 1.29 is 9.90 Å². The molecule has 0 radical (unpaired) electrons. The highest BCUT2D eigenvalue weighted by Crippen LogP contribution is 2.42. The summed E-state index contributed by atoms with van der Waals surface area (Å²) in [5.74, 6) is -0.129. The minimum Gasteiger partial charge on any atom is -0.386 e. The van der Waals surface area contributed by atoms with Crippen LogP contribution >= 0.6 is 11.3 Å². The topological polar surface area (TPSA) is 82.4 Å². The zero-order valence-corrected chi connectivity index (χ0v) is 20.0. The number of nitrogens with one attached hydrogen (secondary N) is 1. The Labute approximate surface area is 198 Å². The first-order valence-electron chi connectivity index (χ1n) is 11.7. The number of anilines is 1. The lowest BCUT2D eigenvalue weighted by Gasteiger charge is -2.45. The number of aliphatic hydroxyl groups is 1. The lowest BCUT2D eigenvalue weighted by atomic mass is 9.85. The van der Waals surface area contributed by atoms with Crippen LogP contribution < -0.4 is 10.6 Å². The number of fused-ring (bicyclic) bond motifs is 2. The maximum Gasteiger partial charge on any atom is 0.259 e. The number of hydrogen-bond donors (Lipinski definition) is 3. The second-order valence-corrected chi connectivity index (χ2v) is 10.7. The lowest BCUT2D eigenvalue weighted by Crippen LogP contribution is -2.60. The van der Waals surface area contributed by atoms with Crippen molar-refractivity contribution in [3.8, 4) is 0 Å². The average Bonchev–Trinajstić information content (AvgIpc) is 3.36. The molecule has 1 aliphatic heterocycles. The van der Waals surface area contributed by atoms with E-state index in [1.807, 2.05) is 13.0 Å². The van der Waals surface area contributed by atoms with Gasteiger partial charge in [-0.1, -0.05) is 44.0 Å². The summed E-state index contributed by atoms with van der Waals surface area (Å²) in [6, 6.07) is 14.8. The molecule has 3 heterocycles. The number of amides is 1. The molecule has 6 heteroatoms. The number of hydrogen-bond acceptors (Lipinski definition) is 4. The fourth-order valence-corrected chi connectivity index (χ4v) is 6.39. The molecule has 1 fully saturated rings. The monoisotopic (exact) mass is 461 g/mol. The number of β-amino-alcohol motifs (C(OH)–C–C–N with tert-alkyl or cyclic N) is 1. The van der Waals surface area contributed by atoms with Crippen molar-refractivity contribution >= 4 is 43.9 Å². The molecule has 1 aliphatic rings. The van der Waals surface area contributed by atoms with Gasteiger partial charge in [-0.15, -0.1) is 11.3 Å². The number of rotatable bonds is 8. The van der Waals surface area contributed by atoms with Gasteiger partial charge in [-0.3, -0.25) is 4.79 Å². The number of primary amides is 1. The van der Waals surface area contributed by atoms with E-state index in [1.54, 1.807) is 0 Å². The number of H-pyrrole nitrogens is 1. The Hall–Kier alpha value is -2.83. The fourth-order valence-electron chi connectivity index (χ4n) is 5.21. The van der Waals surface area contributed by atoms with E-state index < -0.39 is 5.60 Å². The quantitative estimate of drug-likeness (QED) is 0.321. The van der Waals surface area contributed by atoms with Gasteiger partial charge in [0.05, 0.1) is 10.5 Å². The number of nitrogens with two attached hydrogens (primary N) is 1. The molecule has 4 aromatic rings. The highest BCUT2D eigenvalue weighted by Gasteiger charge is 2.36. The van der Waals surface area contributed by atoms with Gasteiger partial charge in [0, 0.05) is 40.6 Å². The Bertz CT molecular complexity index is 1310. The summed E-state index contributed by atoms with van der Waals surface area (Å²) in [5, 5.41) is 12.5. The van der Waals surface area contributed by atoms with Crippen LogP contribution in [-0.4, -0.2) is 34.7 Å². The van der Waals surface area contributed by atoms with E-state index in [1.165, 1.54) is 22.3 Å². The maximum atomic E-state index is 12.5. The molecule has 0 saturated carbocycles. The first-order valence-corrected chi connectivity index (χ1v) is 12.6. The molecule has 33 heavy (non-hydrogen) atoms. The SMILES string of the molecule is CCCCC(Cc1c[nH]c2ccccc12)c1c(C(N)=O)sc2cc(N3CC(C)(O)C3)ccc12. The molecule has 0 bridgehead atoms. The Kier molecular flexibility index (Phi) is 5.67. The van der Waals surface area contributed by atoms with Crippen LogP contribution in [0.25, 0.3) is 21.0 Å². The van der Waals surface area contributed by atoms with E-state index in [0.717, 1.165) is 52.5 Å². The summed E-state index contributed by atoms with van der Waals surface area (Å²) in [6.07, 6.45) is 6.20. The maximum absolute atomic E-state index is 12.5. The number of aromatic nitrogens is 1. The zero-order valence-electron chi connectivity index (χ0n) is 19.2. The fraction of sp³-hybridized carbons (Fsp3) is 0.370. The standard InChI is InChI=1S/C27H31N3O2S/c1-3-4-7-17(12-18-14-29-22-9-6-5-8-20(18)22)24-21-11-10-19(30-15-27(2,32)16-30)13-23(21)33-25(24)26(28)31/h5-6,8-11,13-14,17,29,32H,3-4,7,12,15-16H2,1-2H3,(H2,28,31). The number of benzene rings is 2. The third kappa shape index (κ3) is 4.13. The highest BCUT2D eigenvalue weighted by atomic mass is 32.1. The molecule has 0 aliphatic carbocycles. The highest BCUT2D eigenvalue weighted by molar-refractivity contribution is 7.21. The predicted octanol–water partition coefficient (Wildman–Crippen LogP) is 5.57. The van der Waals surface area contributed by atoms with Crippen LogP contribution in [0.2, 0.25) is 0 Å². The molecule has 1 amide bonds. The smallest absolute Gasteiger partial charge is 0.259 e. The summed E-state index contributed by atoms with van der Waals surface area (Å²) >= 11 is 1.50. The van der Waals surface area contributed by atoms with Crippen LogP contribution in [0.4, 0.5) is 5.69 Å². The molecule has 1 saturated heterocycles. The first kappa shape index (κ1) is 22.0. The number of nitrogens with zero attached hydrogens (tertiary/aromatic N) is 1. The minimum absolute atomic E-state index is 0.219. The van der Waals surface area contributed by atoms with Gasteiger partial charge in [0.2, 0.25) is 0 Å². The van der Waals surface area contributed by atoms with Crippen LogP contribution in [-0.2, 0) is 6.42 Å². The van der Waals surface area contributed by atoms with Gasteiger partial charge >= 0.3 is 0 Å². The van der Waals surface area contributed by atoms with E-state index >= 15 is 0 Å². The van der Waals surface area contributed by atoms with Gasteiger partial charge < -0.3 is 20.7 Å². The van der Waals surface area contributed by atoms with Gasteiger partial charge in [-0.2, -0.15) is 0 Å². The number of thiophene rings is 1. The van der Waals surface area contributed by atoms with E-state index in [9.17, 15) is 9.90 Å². The van der Waals surface area contributed by atoms with Crippen LogP contribution in [0.15, 0.2) is 48.7 Å². The first-order chi connectivity index (χ1) is 15.9. The summed E-state index contributed by atoms with van der Waals surface area (Å²) in [6.45, 7) is 5.31. The van der Waals surface area contributed by atoms with Crippen molar-refractivity contribution in [1.29, 1.82) is 0 Å². The normalized spacial score (nSPS) is 16.3. The molecule has 5 rings (SSSR count). The van der Waals surface area contributed by atoms with Gasteiger partial charge in [0.25, 0.3) is 5.91 Å². The molecule has 1 unspecified atom stereocenters. The number of para-hydroxylation sites is 1. The Morgan fingerprint density at radius 1 is 1.24 bits per heavy atom. The number of carbonyl (C=O) groups excluding carboxylic acids is 1. The van der Waals surface area contributed by atoms with Crippen molar-refractivity contribution in [3.05, 3.63) is 64.7 Å². The number of aromatic amines is 1. The molecule has 4 N–H and O–H groups in total. The van der Waals surface area contributed by atoms with Crippen molar-refractivity contribution in [2.24, 2.45) is 5.73 Å². The summed E-state index contributed by atoms with van der Waals surface area (Å²) < 4.78 is 1.09. The summed E-state index contributed by atoms with van der Waals surface area (Å²) in [5.41, 5.74) is 9.88. The molecule has 1 atom stereocenters. The van der Waals surface area contributed by atoms with E-state index in [2.05, 4.69) is 59.4 Å². The lowest BCUT2D eigenvalue weighted by molar-refractivity contribution is 0.0310. The Morgan fingerprint density at radius 3 is 2.76 bits per heavy atom. The zero-order chi connectivity index (χ0) is 23.2. The third-order valence-electron chi connectivity index (χ3n) is 6.82. The molecule has 0 spiro atoms. The number of carbonyl (C=O) groups is 1. The van der Waals surface area contributed by atoms with Gasteiger partial charge in [0.15, 0.2) is 0 Å². The summed E-state index contributed by atoms with van der Waals surface area (Å²) in [4.78, 5) is 18.8.